The van der Waals surface area contributed by atoms with Gasteiger partial charge in [0.25, 0.3) is 0 Å². The third kappa shape index (κ3) is 1.81. The van der Waals surface area contributed by atoms with Gasteiger partial charge in [0.15, 0.2) is 0 Å². The summed E-state index contributed by atoms with van der Waals surface area (Å²) in [6.07, 6.45) is 4.60. The molecule has 2 nitrogen and oxygen atoms in total. The topological polar surface area (TPSA) is 26.3 Å². The summed E-state index contributed by atoms with van der Waals surface area (Å²) < 4.78 is 5.40. The molecule has 0 aliphatic carbocycles. The van der Waals surface area contributed by atoms with Crippen LogP contribution in [0.25, 0.3) is 0 Å². The molecule has 1 aliphatic heterocycles. The van der Waals surface area contributed by atoms with Gasteiger partial charge in [0.1, 0.15) is 6.29 Å². The molecule has 0 bridgehead atoms. The van der Waals surface area contributed by atoms with Crippen LogP contribution < -0.4 is 0 Å². The minimum Gasteiger partial charge on any atom is -0.377 e. The summed E-state index contributed by atoms with van der Waals surface area (Å²) in [6.45, 7) is 2.76. The predicted molar refractivity (Wildman–Crippen MR) is 38.8 cm³/mol. The van der Waals surface area contributed by atoms with E-state index in [4.69, 9.17) is 4.74 Å². The third-order valence-corrected chi connectivity index (χ3v) is 2.02. The van der Waals surface area contributed by atoms with Crippen LogP contribution in [0.5, 0.6) is 0 Å². The first kappa shape index (κ1) is 7.73. The van der Waals surface area contributed by atoms with E-state index in [0.717, 1.165) is 25.7 Å². The molecule has 2 unspecified atom stereocenters. The van der Waals surface area contributed by atoms with Crippen molar-refractivity contribution in [2.24, 2.45) is 5.92 Å². The molecule has 1 fully saturated rings. The van der Waals surface area contributed by atoms with Crippen LogP contribution in [0.4, 0.5) is 0 Å². The first-order valence-electron chi connectivity index (χ1n) is 3.91. The zero-order valence-corrected chi connectivity index (χ0v) is 6.38. The van der Waals surface area contributed by atoms with Gasteiger partial charge in [-0.3, -0.25) is 0 Å². The van der Waals surface area contributed by atoms with Crippen molar-refractivity contribution >= 4 is 6.29 Å². The van der Waals surface area contributed by atoms with Crippen molar-refractivity contribution in [1.82, 2.24) is 0 Å². The second-order valence-corrected chi connectivity index (χ2v) is 2.90. The number of carbonyl (C=O) groups excluding carboxylic acids is 1. The van der Waals surface area contributed by atoms with Gasteiger partial charge in [0, 0.05) is 12.5 Å². The molecule has 0 radical (unpaired) electrons. The van der Waals surface area contributed by atoms with Crippen molar-refractivity contribution in [3.8, 4) is 0 Å². The lowest BCUT2D eigenvalue weighted by atomic mass is 9.99. The lowest BCUT2D eigenvalue weighted by Crippen LogP contribution is -2.26. The summed E-state index contributed by atoms with van der Waals surface area (Å²) in [5.41, 5.74) is 0. The van der Waals surface area contributed by atoms with Crippen LogP contribution in [0.1, 0.15) is 26.2 Å². The van der Waals surface area contributed by atoms with Crippen LogP contribution >= 0.6 is 0 Å². The minimum atomic E-state index is 0.0836. The van der Waals surface area contributed by atoms with E-state index in [0.29, 0.717) is 0 Å². The summed E-state index contributed by atoms with van der Waals surface area (Å²) in [5.74, 6) is 0.0836. The molecule has 0 spiro atoms. The highest BCUT2D eigenvalue weighted by atomic mass is 16.5. The maximum Gasteiger partial charge on any atom is 0.125 e. The van der Waals surface area contributed by atoms with E-state index in [1.807, 2.05) is 6.92 Å². The van der Waals surface area contributed by atoms with Gasteiger partial charge in [-0.15, -0.1) is 0 Å². The van der Waals surface area contributed by atoms with Gasteiger partial charge in [-0.1, -0.05) is 6.92 Å². The second kappa shape index (κ2) is 3.71. The van der Waals surface area contributed by atoms with Crippen molar-refractivity contribution in [1.29, 1.82) is 0 Å². The molecule has 0 aromatic carbocycles. The fraction of sp³-hybridized carbons (Fsp3) is 0.875. The van der Waals surface area contributed by atoms with Crippen molar-refractivity contribution < 1.29 is 9.53 Å². The molecule has 1 rings (SSSR count). The molecule has 2 heteroatoms. The van der Waals surface area contributed by atoms with Crippen LogP contribution in [-0.4, -0.2) is 19.0 Å². The largest absolute Gasteiger partial charge is 0.377 e. The maximum absolute atomic E-state index is 10.3. The van der Waals surface area contributed by atoms with Crippen LogP contribution in [0, 0.1) is 5.92 Å². The SMILES string of the molecule is CC(C=O)C1CCCCO1. The van der Waals surface area contributed by atoms with E-state index in [9.17, 15) is 4.79 Å². The lowest BCUT2D eigenvalue weighted by Gasteiger charge is -2.24. The molecule has 0 amide bonds. The summed E-state index contributed by atoms with van der Waals surface area (Å²) in [6, 6.07) is 0. The fourth-order valence-electron chi connectivity index (χ4n) is 1.27. The Kier molecular flexibility index (Phi) is 2.87. The number of hydrogen-bond donors (Lipinski definition) is 0. The Morgan fingerprint density at radius 1 is 1.60 bits per heavy atom. The molecular weight excluding hydrogens is 128 g/mol. The normalized spacial score (nSPS) is 29.5. The standard InChI is InChI=1S/C8H14O2/c1-7(6-9)8-4-2-3-5-10-8/h6-8H,2-5H2,1H3. The van der Waals surface area contributed by atoms with Crippen molar-refractivity contribution in [2.45, 2.75) is 32.3 Å². The number of rotatable bonds is 2. The quantitative estimate of drug-likeness (QED) is 0.544. The Labute approximate surface area is 61.6 Å². The lowest BCUT2D eigenvalue weighted by molar-refractivity contribution is -0.116. The van der Waals surface area contributed by atoms with Gasteiger partial charge >= 0.3 is 0 Å². The Bertz CT molecular complexity index is 106. The van der Waals surface area contributed by atoms with E-state index < -0.39 is 0 Å². The van der Waals surface area contributed by atoms with Crippen molar-refractivity contribution in [3.63, 3.8) is 0 Å². The van der Waals surface area contributed by atoms with Crippen LogP contribution in [-0.2, 0) is 9.53 Å². The number of hydrogen-bond acceptors (Lipinski definition) is 2. The van der Waals surface area contributed by atoms with Crippen LogP contribution in [0.3, 0.4) is 0 Å². The summed E-state index contributed by atoms with van der Waals surface area (Å²) in [4.78, 5) is 10.3. The molecule has 0 aromatic heterocycles. The molecular formula is C8H14O2. The Hall–Kier alpha value is -0.370. The average molecular weight is 142 g/mol. The molecule has 1 aliphatic rings. The number of aldehydes is 1. The highest BCUT2D eigenvalue weighted by Gasteiger charge is 2.19. The second-order valence-electron chi connectivity index (χ2n) is 2.90. The summed E-state index contributed by atoms with van der Waals surface area (Å²) in [7, 11) is 0. The van der Waals surface area contributed by atoms with E-state index in [1.165, 1.54) is 6.42 Å². The Morgan fingerprint density at radius 2 is 2.40 bits per heavy atom. The van der Waals surface area contributed by atoms with Crippen molar-refractivity contribution in [2.75, 3.05) is 6.61 Å². The Morgan fingerprint density at radius 3 is 2.90 bits per heavy atom. The molecule has 1 saturated heterocycles. The highest BCUT2D eigenvalue weighted by Crippen LogP contribution is 2.18. The van der Waals surface area contributed by atoms with Gasteiger partial charge in [0.05, 0.1) is 6.10 Å². The zero-order chi connectivity index (χ0) is 7.40. The van der Waals surface area contributed by atoms with E-state index >= 15 is 0 Å². The molecule has 0 aromatic rings. The van der Waals surface area contributed by atoms with E-state index in [-0.39, 0.29) is 12.0 Å². The average Bonchev–Trinajstić information content (AvgIpc) is 2.05. The van der Waals surface area contributed by atoms with E-state index in [2.05, 4.69) is 0 Å². The monoisotopic (exact) mass is 142 g/mol. The molecule has 58 valence electrons. The molecule has 0 saturated carbocycles. The fourth-order valence-corrected chi connectivity index (χ4v) is 1.27. The number of ether oxygens (including phenoxy) is 1. The van der Waals surface area contributed by atoms with Gasteiger partial charge in [-0.05, 0) is 19.3 Å². The highest BCUT2D eigenvalue weighted by molar-refractivity contribution is 5.53. The zero-order valence-electron chi connectivity index (χ0n) is 6.38. The molecule has 2 atom stereocenters. The van der Waals surface area contributed by atoms with Gasteiger partial charge in [-0.25, -0.2) is 0 Å². The van der Waals surface area contributed by atoms with Gasteiger partial charge in [-0.2, -0.15) is 0 Å². The first-order chi connectivity index (χ1) is 4.84. The Balaban J connectivity index is 2.30. The van der Waals surface area contributed by atoms with Crippen LogP contribution in [0.15, 0.2) is 0 Å². The molecule has 0 N–H and O–H groups in total. The third-order valence-electron chi connectivity index (χ3n) is 2.02. The van der Waals surface area contributed by atoms with Crippen molar-refractivity contribution in [3.05, 3.63) is 0 Å². The smallest absolute Gasteiger partial charge is 0.125 e. The predicted octanol–water partition coefficient (Wildman–Crippen LogP) is 1.39. The minimum absolute atomic E-state index is 0.0836. The number of carbonyl (C=O) groups is 1. The molecule has 10 heavy (non-hydrogen) atoms. The summed E-state index contributed by atoms with van der Waals surface area (Å²) >= 11 is 0. The first-order valence-corrected chi connectivity index (χ1v) is 3.91. The maximum atomic E-state index is 10.3. The van der Waals surface area contributed by atoms with Gasteiger partial charge in [0.2, 0.25) is 0 Å². The van der Waals surface area contributed by atoms with Gasteiger partial charge < -0.3 is 9.53 Å². The molecule has 1 heterocycles. The summed E-state index contributed by atoms with van der Waals surface area (Å²) in [5, 5.41) is 0. The van der Waals surface area contributed by atoms with Crippen LogP contribution in [0.2, 0.25) is 0 Å². The van der Waals surface area contributed by atoms with E-state index in [1.54, 1.807) is 0 Å².